The Morgan fingerprint density at radius 2 is 1.75 bits per heavy atom. The van der Waals surface area contributed by atoms with E-state index < -0.39 is 0 Å². The second kappa shape index (κ2) is 6.38. The lowest BCUT2D eigenvalue weighted by Crippen LogP contribution is -2.31. The van der Waals surface area contributed by atoms with Gasteiger partial charge in [-0.15, -0.1) is 12.4 Å². The molecule has 0 unspecified atom stereocenters. The van der Waals surface area contributed by atoms with Crippen LogP contribution in [0.4, 0.5) is 0 Å². The number of benzene rings is 1. The summed E-state index contributed by atoms with van der Waals surface area (Å²) in [5.74, 6) is 0.511. The molecule has 88 valence electrons. The number of hydrogen-bond acceptors (Lipinski definition) is 2. The number of rotatable bonds is 2. The number of carbonyl (C=O) groups excluding carboxylic acids is 1. The summed E-state index contributed by atoms with van der Waals surface area (Å²) >= 11 is 3.37. The summed E-state index contributed by atoms with van der Waals surface area (Å²) in [7, 11) is 0. The summed E-state index contributed by atoms with van der Waals surface area (Å²) in [6.07, 6.45) is 1.93. The Labute approximate surface area is 110 Å². The van der Waals surface area contributed by atoms with Gasteiger partial charge in [-0.3, -0.25) is 4.79 Å². The zero-order valence-corrected chi connectivity index (χ0v) is 11.3. The molecule has 0 aromatic heterocycles. The minimum Gasteiger partial charge on any atom is -0.317 e. The maximum atomic E-state index is 12.1. The van der Waals surface area contributed by atoms with Crippen molar-refractivity contribution in [2.24, 2.45) is 5.92 Å². The molecule has 1 aromatic carbocycles. The van der Waals surface area contributed by atoms with E-state index in [0.717, 1.165) is 36.0 Å². The van der Waals surface area contributed by atoms with Crippen LogP contribution < -0.4 is 5.32 Å². The van der Waals surface area contributed by atoms with Crippen LogP contribution in [0.5, 0.6) is 0 Å². The van der Waals surface area contributed by atoms with Crippen LogP contribution in [0.25, 0.3) is 0 Å². The highest BCUT2D eigenvalue weighted by Crippen LogP contribution is 2.19. The second-order valence-corrected chi connectivity index (χ2v) is 4.81. The molecule has 4 heteroatoms. The van der Waals surface area contributed by atoms with Crippen LogP contribution >= 0.6 is 28.3 Å². The largest absolute Gasteiger partial charge is 0.317 e. The fraction of sp³-hybridized carbons (Fsp3) is 0.417. The number of carbonyl (C=O) groups is 1. The maximum Gasteiger partial charge on any atom is 0.166 e. The number of piperidine rings is 1. The lowest BCUT2D eigenvalue weighted by molar-refractivity contribution is 0.0895. The van der Waals surface area contributed by atoms with Crippen LogP contribution in [-0.2, 0) is 0 Å². The van der Waals surface area contributed by atoms with E-state index in [-0.39, 0.29) is 18.3 Å². The average Bonchev–Trinajstić information content (AvgIpc) is 2.30. The quantitative estimate of drug-likeness (QED) is 0.851. The van der Waals surface area contributed by atoms with Crippen LogP contribution in [0.15, 0.2) is 28.7 Å². The molecule has 0 saturated carbocycles. The standard InChI is InChI=1S/C12H14BrNO.ClH/c13-11-3-1-9(2-4-11)12(15)10-5-7-14-8-6-10;/h1-4,10,14H,5-8H2;1H. The SMILES string of the molecule is Cl.O=C(c1ccc(Br)cc1)C1CCNCC1. The first-order valence-electron chi connectivity index (χ1n) is 5.28. The van der Waals surface area contributed by atoms with Gasteiger partial charge >= 0.3 is 0 Å². The van der Waals surface area contributed by atoms with Gasteiger partial charge in [-0.25, -0.2) is 0 Å². The van der Waals surface area contributed by atoms with Crippen LogP contribution in [0.3, 0.4) is 0 Å². The molecular formula is C12H15BrClNO. The van der Waals surface area contributed by atoms with Gasteiger partial charge in [-0.2, -0.15) is 0 Å². The third kappa shape index (κ3) is 3.30. The lowest BCUT2D eigenvalue weighted by atomic mass is 9.90. The predicted octanol–water partition coefficient (Wildman–Crippen LogP) is 3.05. The first kappa shape index (κ1) is 13.7. The monoisotopic (exact) mass is 303 g/mol. The van der Waals surface area contributed by atoms with Crippen molar-refractivity contribution >= 4 is 34.1 Å². The van der Waals surface area contributed by atoms with E-state index in [2.05, 4.69) is 21.2 Å². The number of halogens is 2. The Morgan fingerprint density at radius 1 is 1.19 bits per heavy atom. The van der Waals surface area contributed by atoms with Crippen molar-refractivity contribution in [2.45, 2.75) is 12.8 Å². The molecule has 1 fully saturated rings. The van der Waals surface area contributed by atoms with Crippen LogP contribution in [-0.4, -0.2) is 18.9 Å². The molecule has 1 saturated heterocycles. The highest BCUT2D eigenvalue weighted by molar-refractivity contribution is 9.10. The smallest absolute Gasteiger partial charge is 0.166 e. The normalized spacial score (nSPS) is 16.6. The molecule has 1 heterocycles. The van der Waals surface area contributed by atoms with E-state index in [1.54, 1.807) is 0 Å². The van der Waals surface area contributed by atoms with Crippen molar-refractivity contribution in [1.82, 2.24) is 5.32 Å². The zero-order chi connectivity index (χ0) is 10.7. The number of hydrogen-bond donors (Lipinski definition) is 1. The van der Waals surface area contributed by atoms with Crippen molar-refractivity contribution in [2.75, 3.05) is 13.1 Å². The molecule has 0 amide bonds. The molecular weight excluding hydrogens is 289 g/mol. The molecule has 2 rings (SSSR count). The van der Waals surface area contributed by atoms with Crippen LogP contribution in [0.2, 0.25) is 0 Å². The molecule has 1 aliphatic heterocycles. The van der Waals surface area contributed by atoms with Crippen LogP contribution in [0, 0.1) is 5.92 Å². The second-order valence-electron chi connectivity index (χ2n) is 3.90. The first-order chi connectivity index (χ1) is 7.27. The van der Waals surface area contributed by atoms with Gasteiger partial charge in [-0.1, -0.05) is 28.1 Å². The molecule has 0 radical (unpaired) electrons. The molecule has 0 spiro atoms. The van der Waals surface area contributed by atoms with Gasteiger partial charge in [0.1, 0.15) is 0 Å². The minimum atomic E-state index is 0. The van der Waals surface area contributed by atoms with Crippen molar-refractivity contribution in [1.29, 1.82) is 0 Å². The number of ketones is 1. The average molecular weight is 305 g/mol. The summed E-state index contributed by atoms with van der Waals surface area (Å²) in [5, 5.41) is 3.27. The first-order valence-corrected chi connectivity index (χ1v) is 6.07. The highest BCUT2D eigenvalue weighted by atomic mass is 79.9. The summed E-state index contributed by atoms with van der Waals surface area (Å²) in [5.41, 5.74) is 0.838. The molecule has 0 atom stereocenters. The van der Waals surface area contributed by atoms with E-state index in [0.29, 0.717) is 5.78 Å². The van der Waals surface area contributed by atoms with Crippen LogP contribution in [0.1, 0.15) is 23.2 Å². The third-order valence-electron chi connectivity index (χ3n) is 2.84. The molecule has 16 heavy (non-hydrogen) atoms. The Kier molecular flexibility index (Phi) is 5.46. The maximum absolute atomic E-state index is 12.1. The van der Waals surface area contributed by atoms with Gasteiger partial charge in [-0.05, 0) is 38.1 Å². The number of nitrogens with one attached hydrogen (secondary N) is 1. The molecule has 2 nitrogen and oxygen atoms in total. The third-order valence-corrected chi connectivity index (χ3v) is 3.37. The Balaban J connectivity index is 0.00000128. The van der Waals surface area contributed by atoms with E-state index in [1.807, 2.05) is 24.3 Å². The lowest BCUT2D eigenvalue weighted by Gasteiger charge is -2.21. The fourth-order valence-electron chi connectivity index (χ4n) is 1.93. The summed E-state index contributed by atoms with van der Waals surface area (Å²) < 4.78 is 1.02. The predicted molar refractivity (Wildman–Crippen MR) is 71.3 cm³/mol. The Hall–Kier alpha value is -0.380. The Bertz CT molecular complexity index is 347. The van der Waals surface area contributed by atoms with Crippen molar-refractivity contribution in [3.05, 3.63) is 34.3 Å². The molecule has 0 bridgehead atoms. The van der Waals surface area contributed by atoms with Gasteiger partial charge in [0.15, 0.2) is 5.78 Å². The van der Waals surface area contributed by atoms with Crippen molar-refractivity contribution in [3.63, 3.8) is 0 Å². The van der Waals surface area contributed by atoms with Crippen molar-refractivity contribution in [3.8, 4) is 0 Å². The van der Waals surface area contributed by atoms with E-state index in [4.69, 9.17) is 0 Å². The molecule has 1 N–H and O–H groups in total. The molecule has 1 aliphatic rings. The topological polar surface area (TPSA) is 29.1 Å². The van der Waals surface area contributed by atoms with Gasteiger partial charge in [0.2, 0.25) is 0 Å². The fourth-order valence-corrected chi connectivity index (χ4v) is 2.20. The highest BCUT2D eigenvalue weighted by Gasteiger charge is 2.21. The van der Waals surface area contributed by atoms with Gasteiger partial charge in [0, 0.05) is 16.0 Å². The summed E-state index contributed by atoms with van der Waals surface area (Å²) in [6, 6.07) is 7.64. The van der Waals surface area contributed by atoms with Gasteiger partial charge in [0.25, 0.3) is 0 Å². The van der Waals surface area contributed by atoms with E-state index in [1.165, 1.54) is 0 Å². The van der Waals surface area contributed by atoms with Gasteiger partial charge < -0.3 is 5.32 Å². The summed E-state index contributed by atoms with van der Waals surface area (Å²) in [4.78, 5) is 12.1. The van der Waals surface area contributed by atoms with E-state index >= 15 is 0 Å². The molecule has 1 aromatic rings. The molecule has 0 aliphatic carbocycles. The Morgan fingerprint density at radius 3 is 2.31 bits per heavy atom. The summed E-state index contributed by atoms with van der Waals surface area (Å²) in [6.45, 7) is 1.93. The zero-order valence-electron chi connectivity index (χ0n) is 8.91. The van der Waals surface area contributed by atoms with E-state index in [9.17, 15) is 4.79 Å². The van der Waals surface area contributed by atoms with Gasteiger partial charge in [0.05, 0.1) is 0 Å². The van der Waals surface area contributed by atoms with Crippen molar-refractivity contribution < 1.29 is 4.79 Å². The minimum absolute atomic E-state index is 0. The number of Topliss-reactive ketones (excluding diaryl/α,β-unsaturated/α-hetero) is 1.